The SMILES string of the molecule is C[N+](C)(CC=CC1=C(C(=O)O)N2C(=O)[C@@H](N)[C@H]2SC1)CCCO. The van der Waals surface area contributed by atoms with Crippen molar-refractivity contribution in [3.63, 3.8) is 0 Å². The van der Waals surface area contributed by atoms with Crippen molar-refractivity contribution >= 4 is 23.6 Å². The van der Waals surface area contributed by atoms with Gasteiger partial charge in [0.05, 0.1) is 27.2 Å². The summed E-state index contributed by atoms with van der Waals surface area (Å²) in [5, 5.41) is 18.1. The molecule has 23 heavy (non-hydrogen) atoms. The maximum Gasteiger partial charge on any atom is 0.352 e. The van der Waals surface area contributed by atoms with Crippen LogP contribution in [0.3, 0.4) is 0 Å². The fraction of sp³-hybridized carbons (Fsp3) is 0.600. The number of nitrogens with zero attached hydrogens (tertiary/aromatic N) is 2. The molecule has 0 aliphatic carbocycles. The van der Waals surface area contributed by atoms with E-state index in [4.69, 9.17) is 10.8 Å². The smallest absolute Gasteiger partial charge is 0.352 e. The number of fused-ring (bicyclic) bond motifs is 1. The molecule has 7 nitrogen and oxygen atoms in total. The second-order valence-electron chi connectivity index (χ2n) is 6.44. The van der Waals surface area contributed by atoms with Gasteiger partial charge in [0.1, 0.15) is 17.1 Å². The zero-order chi connectivity index (χ0) is 17.2. The molecule has 2 atom stereocenters. The molecule has 128 valence electrons. The molecule has 1 fully saturated rings. The van der Waals surface area contributed by atoms with E-state index in [2.05, 4.69) is 14.1 Å². The van der Waals surface area contributed by atoms with E-state index in [1.54, 1.807) is 6.08 Å². The van der Waals surface area contributed by atoms with Gasteiger partial charge >= 0.3 is 5.97 Å². The quantitative estimate of drug-likeness (QED) is 0.429. The van der Waals surface area contributed by atoms with Gasteiger partial charge in [-0.2, -0.15) is 0 Å². The molecule has 2 heterocycles. The van der Waals surface area contributed by atoms with Gasteiger partial charge in [-0.15, -0.1) is 11.8 Å². The molecule has 0 bridgehead atoms. The first kappa shape index (κ1) is 18.0. The number of carboxylic acids is 1. The number of aliphatic carboxylic acids is 1. The van der Waals surface area contributed by atoms with Crippen LogP contribution in [0.5, 0.6) is 0 Å². The van der Waals surface area contributed by atoms with Gasteiger partial charge in [0, 0.05) is 18.8 Å². The Kier molecular flexibility index (Phi) is 5.51. The zero-order valence-corrected chi connectivity index (χ0v) is 14.3. The number of carboxylic acid groups (broad SMARTS) is 1. The molecule has 1 saturated heterocycles. The van der Waals surface area contributed by atoms with Gasteiger partial charge in [-0.1, -0.05) is 6.08 Å². The van der Waals surface area contributed by atoms with E-state index in [9.17, 15) is 14.7 Å². The summed E-state index contributed by atoms with van der Waals surface area (Å²) in [5.74, 6) is -0.890. The summed E-state index contributed by atoms with van der Waals surface area (Å²) in [5.41, 5.74) is 6.41. The van der Waals surface area contributed by atoms with Crippen LogP contribution < -0.4 is 5.73 Å². The highest BCUT2D eigenvalue weighted by molar-refractivity contribution is 8.00. The number of rotatable bonds is 7. The van der Waals surface area contributed by atoms with Crippen molar-refractivity contribution in [2.75, 3.05) is 39.5 Å². The van der Waals surface area contributed by atoms with Crippen LogP contribution in [0.15, 0.2) is 23.4 Å². The fourth-order valence-corrected chi connectivity index (χ4v) is 4.00. The molecule has 0 aromatic carbocycles. The monoisotopic (exact) mass is 342 g/mol. The molecule has 2 rings (SSSR count). The first-order chi connectivity index (χ1) is 10.8. The van der Waals surface area contributed by atoms with E-state index in [1.165, 1.54) is 16.7 Å². The summed E-state index contributed by atoms with van der Waals surface area (Å²) in [6, 6.07) is -0.603. The molecule has 0 unspecified atom stereocenters. The number of allylic oxidation sites excluding steroid dienone is 1. The van der Waals surface area contributed by atoms with E-state index in [0.29, 0.717) is 15.8 Å². The van der Waals surface area contributed by atoms with Crippen LogP contribution in [0, 0.1) is 0 Å². The topological polar surface area (TPSA) is 104 Å². The average molecular weight is 342 g/mol. The maximum atomic E-state index is 11.8. The van der Waals surface area contributed by atoms with Crippen LogP contribution in [0.2, 0.25) is 0 Å². The standard InChI is InChI=1S/C15H23N3O4S/c1-18(2,7-4-8-19)6-3-5-10-9-23-14-11(16)13(20)17(14)12(10)15(21)22/h3,5,11,14,19H,4,6-9,16H2,1-2H3/p+1/t11-,14-/m1/s1. The summed E-state index contributed by atoms with van der Waals surface area (Å²) in [6.45, 7) is 1.72. The average Bonchev–Trinajstić information content (AvgIpc) is 2.51. The molecule has 0 aromatic heterocycles. The van der Waals surface area contributed by atoms with Crippen LogP contribution >= 0.6 is 11.8 Å². The van der Waals surface area contributed by atoms with Gasteiger partial charge in [0.2, 0.25) is 5.91 Å². The number of amides is 1. The number of carbonyl (C=O) groups excluding carboxylic acids is 1. The normalized spacial score (nSPS) is 24.9. The highest BCUT2D eigenvalue weighted by Gasteiger charge is 2.51. The third kappa shape index (κ3) is 3.77. The Bertz CT molecular complexity index is 559. The summed E-state index contributed by atoms with van der Waals surface area (Å²) in [4.78, 5) is 24.7. The lowest BCUT2D eigenvalue weighted by atomic mass is 10.0. The summed E-state index contributed by atoms with van der Waals surface area (Å²) in [6.07, 6.45) is 4.45. The Morgan fingerprint density at radius 2 is 2.22 bits per heavy atom. The van der Waals surface area contributed by atoms with Gasteiger partial charge in [0.15, 0.2) is 0 Å². The fourth-order valence-electron chi connectivity index (χ4n) is 2.74. The zero-order valence-electron chi connectivity index (χ0n) is 13.4. The number of nitrogens with two attached hydrogens (primary N) is 1. The lowest BCUT2D eigenvalue weighted by Crippen LogP contribution is -2.68. The number of likely N-dealkylation sites (N-methyl/N-ethyl adjacent to an activating group) is 1. The van der Waals surface area contributed by atoms with E-state index in [-0.39, 0.29) is 23.6 Å². The number of aliphatic hydroxyl groups excluding tert-OH is 1. The summed E-state index contributed by atoms with van der Waals surface area (Å²) >= 11 is 1.50. The van der Waals surface area contributed by atoms with E-state index < -0.39 is 12.0 Å². The molecule has 0 saturated carbocycles. The molecule has 0 spiro atoms. The third-order valence-electron chi connectivity index (χ3n) is 4.08. The van der Waals surface area contributed by atoms with Crippen molar-refractivity contribution in [2.45, 2.75) is 17.8 Å². The first-order valence-corrected chi connectivity index (χ1v) is 8.59. The molecular formula is C15H24N3O4S+. The minimum atomic E-state index is -1.09. The second-order valence-corrected chi connectivity index (χ2v) is 7.54. The minimum Gasteiger partial charge on any atom is -0.477 e. The first-order valence-electron chi connectivity index (χ1n) is 7.54. The Morgan fingerprint density at radius 3 is 2.83 bits per heavy atom. The number of carbonyl (C=O) groups is 2. The van der Waals surface area contributed by atoms with E-state index in [0.717, 1.165) is 19.5 Å². The van der Waals surface area contributed by atoms with Crippen LogP contribution in [0.1, 0.15) is 6.42 Å². The number of quaternary nitrogens is 1. The Labute approximate surface area is 140 Å². The van der Waals surface area contributed by atoms with Crippen molar-refractivity contribution in [3.05, 3.63) is 23.4 Å². The Morgan fingerprint density at radius 1 is 1.52 bits per heavy atom. The molecule has 2 aliphatic rings. The molecule has 0 radical (unpaired) electrons. The molecule has 8 heteroatoms. The van der Waals surface area contributed by atoms with Crippen molar-refractivity contribution in [1.29, 1.82) is 0 Å². The molecule has 4 N–H and O–H groups in total. The second kappa shape index (κ2) is 7.04. The number of aliphatic hydroxyl groups is 1. The number of thioether (sulfide) groups is 1. The van der Waals surface area contributed by atoms with Crippen molar-refractivity contribution in [1.82, 2.24) is 4.90 Å². The van der Waals surface area contributed by atoms with Gasteiger partial charge in [-0.05, 0) is 11.6 Å². The van der Waals surface area contributed by atoms with Gasteiger partial charge in [-0.25, -0.2) is 4.79 Å². The highest BCUT2D eigenvalue weighted by atomic mass is 32.2. The van der Waals surface area contributed by atoms with Crippen LogP contribution in [0.4, 0.5) is 0 Å². The van der Waals surface area contributed by atoms with Gasteiger partial charge in [0.25, 0.3) is 0 Å². The maximum absolute atomic E-state index is 11.8. The number of hydrogen-bond donors (Lipinski definition) is 3. The highest BCUT2D eigenvalue weighted by Crippen LogP contribution is 2.39. The summed E-state index contributed by atoms with van der Waals surface area (Å²) in [7, 11) is 4.10. The predicted molar refractivity (Wildman–Crippen MR) is 88.4 cm³/mol. The number of hydrogen-bond acceptors (Lipinski definition) is 5. The van der Waals surface area contributed by atoms with E-state index >= 15 is 0 Å². The van der Waals surface area contributed by atoms with Gasteiger partial charge < -0.3 is 20.4 Å². The molecular weight excluding hydrogens is 318 g/mol. The lowest BCUT2D eigenvalue weighted by molar-refractivity contribution is -0.884. The number of β-lactam (4-membered cyclic amide) rings is 1. The van der Waals surface area contributed by atoms with Gasteiger partial charge in [-0.3, -0.25) is 9.69 Å². The van der Waals surface area contributed by atoms with Crippen molar-refractivity contribution < 1.29 is 24.3 Å². The Balaban J connectivity index is 2.12. The largest absolute Gasteiger partial charge is 0.477 e. The van der Waals surface area contributed by atoms with Crippen LogP contribution in [-0.4, -0.2) is 82.4 Å². The van der Waals surface area contributed by atoms with Crippen molar-refractivity contribution in [3.8, 4) is 0 Å². The predicted octanol–water partition coefficient (Wildman–Crippen LogP) is -0.417. The molecule has 1 amide bonds. The minimum absolute atomic E-state index is 0.0531. The molecule has 0 aromatic rings. The summed E-state index contributed by atoms with van der Waals surface area (Å²) < 4.78 is 0.704. The lowest BCUT2D eigenvalue weighted by Gasteiger charge is -2.47. The third-order valence-corrected chi connectivity index (χ3v) is 5.40. The molecule has 2 aliphatic heterocycles. The Hall–Kier alpha value is -1.35. The van der Waals surface area contributed by atoms with Crippen LogP contribution in [0.25, 0.3) is 0 Å². The van der Waals surface area contributed by atoms with E-state index in [1.807, 2.05) is 6.08 Å². The van der Waals surface area contributed by atoms with Crippen LogP contribution in [-0.2, 0) is 9.59 Å². The van der Waals surface area contributed by atoms with Crippen molar-refractivity contribution in [2.24, 2.45) is 5.73 Å².